The summed E-state index contributed by atoms with van der Waals surface area (Å²) in [5.41, 5.74) is 2.54. The van der Waals surface area contributed by atoms with Crippen LogP contribution < -0.4 is 5.69 Å². The zero-order chi connectivity index (χ0) is 20.6. The van der Waals surface area contributed by atoms with E-state index in [1.165, 1.54) is 0 Å². The van der Waals surface area contributed by atoms with Gasteiger partial charge in [-0.1, -0.05) is 19.1 Å². The van der Waals surface area contributed by atoms with E-state index in [9.17, 15) is 13.2 Å². The first kappa shape index (κ1) is 19.8. The Morgan fingerprint density at radius 1 is 1.10 bits per heavy atom. The summed E-state index contributed by atoms with van der Waals surface area (Å²) in [6, 6.07) is 10.9. The van der Waals surface area contributed by atoms with Crippen LogP contribution >= 0.6 is 0 Å². The van der Waals surface area contributed by atoms with E-state index in [4.69, 9.17) is 0 Å². The minimum Gasteiger partial charge on any atom is -0.293 e. The Kier molecular flexibility index (Phi) is 5.31. The fourth-order valence-corrected chi connectivity index (χ4v) is 5.50. The van der Waals surface area contributed by atoms with E-state index in [1.807, 2.05) is 31.2 Å². The number of imidazole rings is 1. The van der Waals surface area contributed by atoms with Gasteiger partial charge in [-0.15, -0.1) is 0 Å². The van der Waals surface area contributed by atoms with Gasteiger partial charge in [0.2, 0.25) is 10.0 Å². The Morgan fingerprint density at radius 2 is 1.79 bits per heavy atom. The Balaban J connectivity index is 1.47. The van der Waals surface area contributed by atoms with E-state index in [0.29, 0.717) is 30.2 Å². The van der Waals surface area contributed by atoms with Crippen molar-refractivity contribution in [1.82, 2.24) is 18.4 Å². The number of piperidine rings is 1. The lowest BCUT2D eigenvalue weighted by molar-refractivity contribution is 0.252. The van der Waals surface area contributed by atoms with Crippen molar-refractivity contribution in [2.75, 3.05) is 13.1 Å². The quantitative estimate of drug-likeness (QED) is 0.642. The zero-order valence-corrected chi connectivity index (χ0v) is 17.6. The van der Waals surface area contributed by atoms with E-state index in [0.717, 1.165) is 30.3 Å². The second kappa shape index (κ2) is 7.76. The molecule has 3 aromatic rings. The number of rotatable bonds is 5. The molecule has 7 nitrogen and oxygen atoms in total. The van der Waals surface area contributed by atoms with Crippen molar-refractivity contribution < 1.29 is 8.42 Å². The van der Waals surface area contributed by atoms with Gasteiger partial charge in [-0.2, -0.15) is 4.31 Å². The Morgan fingerprint density at radius 3 is 2.45 bits per heavy atom. The van der Waals surface area contributed by atoms with Gasteiger partial charge in [0.1, 0.15) is 0 Å². The van der Waals surface area contributed by atoms with Crippen molar-refractivity contribution in [3.63, 3.8) is 0 Å². The highest BCUT2D eigenvalue weighted by Crippen LogP contribution is 2.25. The van der Waals surface area contributed by atoms with E-state index in [2.05, 4.69) is 4.98 Å². The smallest absolute Gasteiger partial charge is 0.293 e. The molecule has 0 aliphatic carbocycles. The first-order valence-corrected chi connectivity index (χ1v) is 11.4. The first-order valence-electron chi connectivity index (χ1n) is 10.0. The molecule has 0 radical (unpaired) electrons. The third-order valence-corrected chi connectivity index (χ3v) is 7.80. The maximum atomic E-state index is 12.9. The summed E-state index contributed by atoms with van der Waals surface area (Å²) >= 11 is 0. The zero-order valence-electron chi connectivity index (χ0n) is 16.8. The molecule has 2 aromatic heterocycles. The lowest BCUT2D eigenvalue weighted by Crippen LogP contribution is -2.40. The largest absolute Gasteiger partial charge is 0.330 e. The van der Waals surface area contributed by atoms with E-state index in [-0.39, 0.29) is 11.6 Å². The summed E-state index contributed by atoms with van der Waals surface area (Å²) in [4.78, 5) is 17.3. The van der Waals surface area contributed by atoms with Crippen molar-refractivity contribution >= 4 is 21.2 Å². The van der Waals surface area contributed by atoms with Crippen LogP contribution in [0.4, 0.5) is 0 Å². The van der Waals surface area contributed by atoms with Gasteiger partial charge in [0.25, 0.3) is 0 Å². The summed E-state index contributed by atoms with van der Waals surface area (Å²) in [5, 5.41) is 0. The minimum absolute atomic E-state index is 0.0789. The number of benzene rings is 1. The molecule has 1 fully saturated rings. The van der Waals surface area contributed by atoms with Crippen LogP contribution in [0.5, 0.6) is 0 Å². The number of aryl methyl sites for hydroxylation is 2. The van der Waals surface area contributed by atoms with Gasteiger partial charge in [-0.25, -0.2) is 18.2 Å². The highest BCUT2D eigenvalue weighted by molar-refractivity contribution is 7.89. The number of hydrogen-bond acceptors (Lipinski definition) is 4. The average Bonchev–Trinajstić information content (AvgIpc) is 2.99. The highest BCUT2D eigenvalue weighted by Gasteiger charge is 2.30. The standard InChI is InChI=1S/C21H26N4O3S/c1-3-16-6-8-18(9-7-16)29(27,28)24-13-10-17(11-14-24)15-25-20-19(5-4-12-22-20)23(2)21(25)26/h4-9,12,17H,3,10-11,13-15H2,1-2H3. The molecule has 0 bridgehead atoms. The Bertz CT molecular complexity index is 1170. The van der Waals surface area contributed by atoms with Crippen molar-refractivity contribution in [3.8, 4) is 0 Å². The average molecular weight is 415 g/mol. The fourth-order valence-electron chi connectivity index (χ4n) is 4.03. The highest BCUT2D eigenvalue weighted by atomic mass is 32.2. The van der Waals surface area contributed by atoms with Crippen LogP contribution in [0, 0.1) is 5.92 Å². The van der Waals surface area contributed by atoms with E-state index >= 15 is 0 Å². The summed E-state index contributed by atoms with van der Waals surface area (Å²) in [7, 11) is -1.72. The molecule has 3 heterocycles. The third-order valence-electron chi connectivity index (χ3n) is 5.88. The molecule has 1 aliphatic rings. The second-order valence-corrected chi connectivity index (χ2v) is 9.58. The molecule has 0 unspecified atom stereocenters. The van der Waals surface area contributed by atoms with E-state index in [1.54, 1.807) is 38.8 Å². The molecule has 0 saturated carbocycles. The second-order valence-electron chi connectivity index (χ2n) is 7.64. The van der Waals surface area contributed by atoms with Crippen molar-refractivity contribution in [2.24, 2.45) is 13.0 Å². The van der Waals surface area contributed by atoms with Gasteiger partial charge in [0.15, 0.2) is 5.65 Å². The maximum Gasteiger partial charge on any atom is 0.330 e. The molecule has 8 heteroatoms. The number of aromatic nitrogens is 3. The third kappa shape index (κ3) is 3.62. The number of sulfonamides is 1. The topological polar surface area (TPSA) is 77.2 Å². The summed E-state index contributed by atoms with van der Waals surface area (Å²) in [6.07, 6.45) is 4.02. The van der Waals surface area contributed by atoms with Crippen LogP contribution in [0.3, 0.4) is 0 Å². The van der Waals surface area contributed by atoms with Crippen LogP contribution in [0.25, 0.3) is 11.2 Å². The Labute approximate surface area is 170 Å². The first-order chi connectivity index (χ1) is 13.9. The summed E-state index contributed by atoms with van der Waals surface area (Å²) < 4.78 is 30.8. The normalized spacial score (nSPS) is 16.5. The molecule has 0 N–H and O–H groups in total. The van der Waals surface area contributed by atoms with Crippen LogP contribution in [-0.2, 0) is 30.0 Å². The van der Waals surface area contributed by atoms with Gasteiger partial charge >= 0.3 is 5.69 Å². The number of hydrogen-bond donors (Lipinski definition) is 0. The van der Waals surface area contributed by atoms with Gasteiger partial charge in [-0.3, -0.25) is 9.13 Å². The lowest BCUT2D eigenvalue weighted by atomic mass is 9.98. The number of nitrogens with zero attached hydrogens (tertiary/aromatic N) is 4. The van der Waals surface area contributed by atoms with Crippen molar-refractivity contribution in [1.29, 1.82) is 0 Å². The van der Waals surface area contributed by atoms with Crippen LogP contribution in [0.2, 0.25) is 0 Å². The van der Waals surface area contributed by atoms with Crippen molar-refractivity contribution in [3.05, 3.63) is 58.6 Å². The molecule has 0 atom stereocenters. The van der Waals surface area contributed by atoms with Crippen LogP contribution in [0.1, 0.15) is 25.3 Å². The van der Waals surface area contributed by atoms with Crippen molar-refractivity contribution in [2.45, 2.75) is 37.6 Å². The molecule has 0 amide bonds. The summed E-state index contributed by atoms with van der Waals surface area (Å²) in [6.45, 7) is 3.54. The molecule has 4 rings (SSSR count). The minimum atomic E-state index is -3.47. The van der Waals surface area contributed by atoms with Gasteiger partial charge in [0, 0.05) is 32.9 Å². The molecule has 1 aromatic carbocycles. The van der Waals surface area contributed by atoms with Crippen LogP contribution in [-0.4, -0.2) is 39.9 Å². The molecule has 29 heavy (non-hydrogen) atoms. The number of pyridine rings is 1. The van der Waals surface area contributed by atoms with Gasteiger partial charge in [-0.05, 0) is 55.0 Å². The van der Waals surface area contributed by atoms with Gasteiger partial charge < -0.3 is 0 Å². The molecule has 1 saturated heterocycles. The predicted molar refractivity (Wildman–Crippen MR) is 112 cm³/mol. The predicted octanol–water partition coefficient (Wildman–Crippen LogP) is 2.40. The lowest BCUT2D eigenvalue weighted by Gasteiger charge is -2.31. The Hall–Kier alpha value is -2.45. The number of fused-ring (bicyclic) bond motifs is 1. The maximum absolute atomic E-state index is 12.9. The SMILES string of the molecule is CCc1ccc(S(=O)(=O)N2CCC(Cn3c(=O)n(C)c4cccnc43)CC2)cc1. The fraction of sp³-hybridized carbons (Fsp3) is 0.429. The molecular weight excluding hydrogens is 388 g/mol. The molecular formula is C21H26N4O3S. The van der Waals surface area contributed by atoms with Gasteiger partial charge in [0.05, 0.1) is 10.4 Å². The molecule has 1 aliphatic heterocycles. The molecule has 154 valence electrons. The summed E-state index contributed by atoms with van der Waals surface area (Å²) in [5.74, 6) is 0.245. The van der Waals surface area contributed by atoms with Crippen LogP contribution in [0.15, 0.2) is 52.3 Å². The monoisotopic (exact) mass is 414 g/mol. The molecule has 0 spiro atoms. The van der Waals surface area contributed by atoms with E-state index < -0.39 is 10.0 Å².